The molecule has 3 aromatic rings. The van der Waals surface area contributed by atoms with Crippen LogP contribution in [0.1, 0.15) is 42.4 Å². The topological polar surface area (TPSA) is 75.4 Å². The van der Waals surface area contributed by atoms with Gasteiger partial charge in [-0.3, -0.25) is 9.59 Å². The lowest BCUT2D eigenvalue weighted by Gasteiger charge is -2.41. The van der Waals surface area contributed by atoms with E-state index >= 15 is 0 Å². The van der Waals surface area contributed by atoms with Crippen molar-refractivity contribution in [3.05, 3.63) is 77.7 Å². The third-order valence-corrected chi connectivity index (χ3v) is 5.80. The number of nitrogens with zero attached hydrogens (tertiary/aromatic N) is 2. The number of hydrogen-bond donors (Lipinski definition) is 1. The molecule has 3 atom stereocenters. The molecule has 1 aromatic heterocycles. The van der Waals surface area contributed by atoms with E-state index in [2.05, 4.69) is 10.5 Å². The van der Waals surface area contributed by atoms with E-state index in [0.29, 0.717) is 17.9 Å². The first-order chi connectivity index (χ1) is 15.0. The number of aromatic nitrogens is 1. The summed E-state index contributed by atoms with van der Waals surface area (Å²) < 4.78 is 18.5. The number of carbonyl (C=O) groups excluding carboxylic acids is 2. The molecule has 1 aliphatic heterocycles. The Morgan fingerprint density at radius 3 is 2.61 bits per heavy atom. The molecule has 0 bridgehead atoms. The van der Waals surface area contributed by atoms with E-state index < -0.39 is 6.04 Å². The smallest absolute Gasteiger partial charge is 0.276 e. The van der Waals surface area contributed by atoms with Crippen molar-refractivity contribution in [1.82, 2.24) is 15.4 Å². The Kier molecular flexibility index (Phi) is 5.84. The van der Waals surface area contributed by atoms with Gasteiger partial charge in [-0.1, -0.05) is 55.8 Å². The second-order valence-corrected chi connectivity index (χ2v) is 7.84. The van der Waals surface area contributed by atoms with Gasteiger partial charge in [0.2, 0.25) is 5.91 Å². The molecular formula is C24H24FN3O3. The molecular weight excluding hydrogens is 397 g/mol. The van der Waals surface area contributed by atoms with Crippen LogP contribution in [0.4, 0.5) is 4.39 Å². The van der Waals surface area contributed by atoms with Gasteiger partial charge in [0, 0.05) is 18.2 Å². The number of halogens is 1. The molecule has 2 amide bonds. The molecule has 1 saturated heterocycles. The number of carbonyl (C=O) groups is 2. The van der Waals surface area contributed by atoms with E-state index in [4.69, 9.17) is 4.52 Å². The lowest BCUT2D eigenvalue weighted by Crippen LogP contribution is -2.60. The first-order valence-electron chi connectivity index (χ1n) is 10.4. The lowest BCUT2D eigenvalue weighted by atomic mass is 9.91. The van der Waals surface area contributed by atoms with E-state index in [9.17, 15) is 14.0 Å². The molecule has 2 aromatic carbocycles. The summed E-state index contributed by atoms with van der Waals surface area (Å²) in [4.78, 5) is 28.0. The van der Waals surface area contributed by atoms with Crippen molar-refractivity contribution in [3.63, 3.8) is 0 Å². The van der Waals surface area contributed by atoms with E-state index in [1.165, 1.54) is 18.2 Å². The molecule has 6 nitrogen and oxygen atoms in total. The molecule has 1 N–H and O–H groups in total. The van der Waals surface area contributed by atoms with Crippen LogP contribution in [0.5, 0.6) is 0 Å². The van der Waals surface area contributed by atoms with E-state index in [-0.39, 0.29) is 35.3 Å². The summed E-state index contributed by atoms with van der Waals surface area (Å²) in [5.41, 5.74) is 1.67. The minimum absolute atomic E-state index is 0.0239. The van der Waals surface area contributed by atoms with Gasteiger partial charge in [0.15, 0.2) is 11.5 Å². The van der Waals surface area contributed by atoms with E-state index in [1.54, 1.807) is 17.0 Å². The maximum atomic E-state index is 13.4. The van der Waals surface area contributed by atoms with Crippen molar-refractivity contribution in [2.24, 2.45) is 5.92 Å². The SMILES string of the molecule is CC[C@@H](C)[C@H]1C(=O)N[C@@H](c2ccccc2)CN1C(=O)c1cc(-c2ccc(F)cc2)on1. The van der Waals surface area contributed by atoms with Crippen molar-refractivity contribution >= 4 is 11.8 Å². The highest BCUT2D eigenvalue weighted by Crippen LogP contribution is 2.28. The standard InChI is InChI=1S/C24H24FN3O3/c1-3-15(2)22-23(29)26-20(16-7-5-4-6-8-16)14-28(22)24(30)19-13-21(31-27-19)17-9-11-18(25)12-10-17/h4-13,15,20,22H,3,14H2,1-2H3,(H,26,29)/t15-,20-,22+/m1/s1. The van der Waals surface area contributed by atoms with Crippen molar-refractivity contribution < 1.29 is 18.5 Å². The highest BCUT2D eigenvalue weighted by molar-refractivity contribution is 5.97. The molecule has 7 heteroatoms. The number of piperazine rings is 1. The van der Waals surface area contributed by atoms with Gasteiger partial charge in [-0.15, -0.1) is 0 Å². The maximum Gasteiger partial charge on any atom is 0.276 e. The Bertz CT molecular complexity index is 1070. The Hall–Kier alpha value is -3.48. The largest absolute Gasteiger partial charge is 0.355 e. The second kappa shape index (κ2) is 8.71. The molecule has 1 aliphatic rings. The first-order valence-corrected chi connectivity index (χ1v) is 10.4. The number of nitrogens with one attached hydrogen (secondary N) is 1. The van der Waals surface area contributed by atoms with Gasteiger partial charge >= 0.3 is 0 Å². The fraction of sp³-hybridized carbons (Fsp3) is 0.292. The second-order valence-electron chi connectivity index (χ2n) is 7.84. The number of benzene rings is 2. The van der Waals surface area contributed by atoms with E-state index in [1.807, 2.05) is 44.2 Å². The van der Waals surface area contributed by atoms with Crippen LogP contribution in [0, 0.1) is 11.7 Å². The van der Waals surface area contributed by atoms with Crippen LogP contribution >= 0.6 is 0 Å². The van der Waals surface area contributed by atoms with Gasteiger partial charge in [-0.2, -0.15) is 0 Å². The summed E-state index contributed by atoms with van der Waals surface area (Å²) in [5.74, 6) is -0.556. The van der Waals surface area contributed by atoms with Crippen LogP contribution in [0.3, 0.4) is 0 Å². The first kappa shape index (κ1) is 20.8. The molecule has 160 valence electrons. The lowest BCUT2D eigenvalue weighted by molar-refractivity contribution is -0.131. The Morgan fingerprint density at radius 2 is 1.94 bits per heavy atom. The van der Waals surface area contributed by atoms with Crippen LogP contribution in [0.2, 0.25) is 0 Å². The number of rotatable bonds is 5. The van der Waals surface area contributed by atoms with Gasteiger partial charge in [0.05, 0.1) is 6.04 Å². The van der Waals surface area contributed by atoms with Crippen molar-refractivity contribution in [2.45, 2.75) is 32.4 Å². The highest BCUT2D eigenvalue weighted by atomic mass is 19.1. The fourth-order valence-electron chi connectivity index (χ4n) is 3.90. The third kappa shape index (κ3) is 4.21. The normalized spacial score (nSPS) is 19.7. The molecule has 2 heterocycles. The summed E-state index contributed by atoms with van der Waals surface area (Å²) >= 11 is 0. The van der Waals surface area contributed by atoms with Crippen molar-refractivity contribution in [3.8, 4) is 11.3 Å². The monoisotopic (exact) mass is 421 g/mol. The number of hydrogen-bond acceptors (Lipinski definition) is 4. The van der Waals surface area contributed by atoms with E-state index in [0.717, 1.165) is 12.0 Å². The van der Waals surface area contributed by atoms with Gasteiger partial charge in [0.1, 0.15) is 11.9 Å². The molecule has 31 heavy (non-hydrogen) atoms. The number of amides is 2. The van der Waals surface area contributed by atoms with Gasteiger partial charge in [-0.25, -0.2) is 4.39 Å². The van der Waals surface area contributed by atoms with Gasteiger partial charge in [0.25, 0.3) is 5.91 Å². The summed E-state index contributed by atoms with van der Waals surface area (Å²) in [6.45, 7) is 4.29. The van der Waals surface area contributed by atoms with Crippen molar-refractivity contribution in [1.29, 1.82) is 0 Å². The maximum absolute atomic E-state index is 13.4. The Morgan fingerprint density at radius 1 is 1.23 bits per heavy atom. The predicted molar refractivity (Wildman–Crippen MR) is 114 cm³/mol. The predicted octanol–water partition coefficient (Wildman–Crippen LogP) is 4.21. The Labute approximate surface area is 180 Å². The average molecular weight is 421 g/mol. The summed E-state index contributed by atoms with van der Waals surface area (Å²) in [5, 5.41) is 7.00. The summed E-state index contributed by atoms with van der Waals surface area (Å²) in [6.07, 6.45) is 0.748. The average Bonchev–Trinajstić information content (AvgIpc) is 3.29. The zero-order chi connectivity index (χ0) is 22.0. The highest BCUT2D eigenvalue weighted by Gasteiger charge is 2.41. The van der Waals surface area contributed by atoms with Crippen LogP contribution in [-0.4, -0.2) is 34.5 Å². The van der Waals surface area contributed by atoms with Crippen LogP contribution in [0.25, 0.3) is 11.3 Å². The fourth-order valence-corrected chi connectivity index (χ4v) is 3.90. The Balaban J connectivity index is 1.64. The summed E-state index contributed by atoms with van der Waals surface area (Å²) in [7, 11) is 0. The van der Waals surface area contributed by atoms with Crippen LogP contribution in [0.15, 0.2) is 65.2 Å². The molecule has 1 fully saturated rings. The van der Waals surface area contributed by atoms with Gasteiger partial charge < -0.3 is 14.7 Å². The summed E-state index contributed by atoms with van der Waals surface area (Å²) in [6, 6.07) is 16.0. The minimum atomic E-state index is -0.594. The zero-order valence-electron chi connectivity index (χ0n) is 17.4. The molecule has 0 saturated carbocycles. The van der Waals surface area contributed by atoms with Crippen LogP contribution in [-0.2, 0) is 4.79 Å². The molecule has 0 unspecified atom stereocenters. The molecule has 0 spiro atoms. The quantitative estimate of drug-likeness (QED) is 0.670. The minimum Gasteiger partial charge on any atom is -0.355 e. The van der Waals surface area contributed by atoms with Gasteiger partial charge in [-0.05, 0) is 35.7 Å². The molecule has 0 aliphatic carbocycles. The van der Waals surface area contributed by atoms with Crippen LogP contribution < -0.4 is 5.32 Å². The van der Waals surface area contributed by atoms with Crippen molar-refractivity contribution in [2.75, 3.05) is 6.54 Å². The molecule has 4 rings (SSSR count). The zero-order valence-corrected chi connectivity index (χ0v) is 17.4. The molecule has 0 radical (unpaired) electrons. The third-order valence-electron chi connectivity index (χ3n) is 5.80.